The van der Waals surface area contributed by atoms with Crippen molar-refractivity contribution in [3.8, 4) is 11.3 Å². The fraction of sp³-hybridized carbons (Fsp3) is 0.472. The highest BCUT2D eigenvalue weighted by Crippen LogP contribution is 2.39. The van der Waals surface area contributed by atoms with Crippen molar-refractivity contribution in [2.45, 2.75) is 78.8 Å². The minimum Gasteiger partial charge on any atom is -0.475 e. The maximum absolute atomic E-state index is 14.9. The van der Waals surface area contributed by atoms with Crippen LogP contribution in [0.1, 0.15) is 65.4 Å². The molecule has 3 rings (SSSR count). The van der Waals surface area contributed by atoms with Gasteiger partial charge < -0.3 is 36.0 Å². The second kappa shape index (κ2) is 18.7. The Hall–Kier alpha value is -4.90. The lowest BCUT2D eigenvalue weighted by molar-refractivity contribution is -0.192. The number of carbonyl (C=O) groups excluding carboxylic acids is 3. The lowest BCUT2D eigenvalue weighted by atomic mass is 9.84. The fourth-order valence-electron chi connectivity index (χ4n) is 5.40. The standard InChI is InChI=1S/C34H46F2N6O4.C2HF3O2/c1-21(2)29(37)33(46)41(22(3)31(38)45)15-10-16-42(28(44)20-43)30(34(4,5)6)32-39-27(25-17-24(35)13-14-26(25)36)19-40(32)18-23-11-8-7-9-12-23;3-2(4,5)1(6)7/h7-9,11-14,17,19,21-22,29-30,43H,10,15-16,18,20,37H2,1-6H3,(H2,38,45);(H,6,7)/t22-,29-,30-;/m0./s1. The van der Waals surface area contributed by atoms with E-state index in [0.717, 1.165) is 23.8 Å². The number of nitrogens with two attached hydrogens (primary N) is 2. The van der Waals surface area contributed by atoms with Crippen molar-refractivity contribution in [2.24, 2.45) is 22.8 Å². The molecule has 0 aliphatic rings. The molecule has 3 atom stereocenters. The lowest BCUT2D eigenvalue weighted by Crippen LogP contribution is -2.54. The molecule has 0 unspecified atom stereocenters. The van der Waals surface area contributed by atoms with Crippen molar-refractivity contribution in [1.29, 1.82) is 0 Å². The number of rotatable bonds is 14. The smallest absolute Gasteiger partial charge is 0.475 e. The number of aliphatic hydroxyl groups is 1. The Labute approximate surface area is 304 Å². The summed E-state index contributed by atoms with van der Waals surface area (Å²) >= 11 is 0. The molecule has 292 valence electrons. The van der Waals surface area contributed by atoms with Gasteiger partial charge in [0.2, 0.25) is 17.7 Å². The first-order valence-corrected chi connectivity index (χ1v) is 16.6. The molecular weight excluding hydrogens is 707 g/mol. The highest BCUT2D eigenvalue weighted by Gasteiger charge is 2.39. The van der Waals surface area contributed by atoms with Crippen molar-refractivity contribution in [3.05, 3.63) is 77.8 Å². The first kappa shape index (κ1) is 44.3. The molecule has 17 heteroatoms. The summed E-state index contributed by atoms with van der Waals surface area (Å²) in [4.78, 5) is 55.2. The van der Waals surface area contributed by atoms with Gasteiger partial charge in [-0.3, -0.25) is 14.4 Å². The molecular formula is C36H47F5N6O6. The number of hydrogen-bond acceptors (Lipinski definition) is 7. The van der Waals surface area contributed by atoms with Crippen LogP contribution in [0.25, 0.3) is 11.3 Å². The van der Waals surface area contributed by atoms with Crippen LogP contribution in [0.4, 0.5) is 22.0 Å². The molecule has 0 saturated carbocycles. The zero-order valence-electron chi connectivity index (χ0n) is 30.4. The van der Waals surface area contributed by atoms with Gasteiger partial charge >= 0.3 is 12.1 Å². The Morgan fingerprint density at radius 3 is 2.00 bits per heavy atom. The number of primary amides is 1. The predicted octanol–water partition coefficient (Wildman–Crippen LogP) is 4.49. The molecule has 0 aliphatic carbocycles. The van der Waals surface area contributed by atoms with Crippen LogP contribution in [0.5, 0.6) is 0 Å². The summed E-state index contributed by atoms with van der Waals surface area (Å²) in [6.45, 7) is 10.5. The molecule has 0 aliphatic heterocycles. The van der Waals surface area contributed by atoms with Gasteiger partial charge in [0, 0.05) is 31.4 Å². The molecule has 0 bridgehead atoms. The van der Waals surface area contributed by atoms with Crippen molar-refractivity contribution < 1.29 is 51.3 Å². The van der Waals surface area contributed by atoms with Gasteiger partial charge in [0.05, 0.1) is 17.8 Å². The summed E-state index contributed by atoms with van der Waals surface area (Å²) in [6, 6.07) is 10.1. The average molecular weight is 755 g/mol. The summed E-state index contributed by atoms with van der Waals surface area (Å²) < 4.78 is 62.7. The maximum atomic E-state index is 14.9. The number of benzene rings is 2. The van der Waals surface area contributed by atoms with E-state index in [2.05, 4.69) is 0 Å². The van der Waals surface area contributed by atoms with E-state index in [-0.39, 0.29) is 36.7 Å². The van der Waals surface area contributed by atoms with Gasteiger partial charge in [0.25, 0.3) is 0 Å². The number of aliphatic carboxylic acids is 1. The van der Waals surface area contributed by atoms with Gasteiger partial charge in [0.1, 0.15) is 30.1 Å². The number of halogens is 5. The number of alkyl halides is 3. The average Bonchev–Trinajstić information content (AvgIpc) is 3.47. The van der Waals surface area contributed by atoms with Crippen LogP contribution in [-0.4, -0.2) is 91.2 Å². The molecule has 6 N–H and O–H groups in total. The molecule has 0 radical (unpaired) electrons. The zero-order valence-corrected chi connectivity index (χ0v) is 30.4. The van der Waals surface area contributed by atoms with Crippen LogP contribution in [0.2, 0.25) is 0 Å². The van der Waals surface area contributed by atoms with Crippen LogP contribution in [-0.2, 0) is 25.7 Å². The van der Waals surface area contributed by atoms with E-state index in [0.29, 0.717) is 12.4 Å². The number of carbonyl (C=O) groups is 4. The highest BCUT2D eigenvalue weighted by atomic mass is 19.4. The quantitative estimate of drug-likeness (QED) is 0.174. The van der Waals surface area contributed by atoms with Crippen LogP contribution in [0, 0.1) is 23.0 Å². The molecule has 12 nitrogen and oxygen atoms in total. The number of aliphatic hydroxyl groups excluding tert-OH is 1. The van der Waals surface area contributed by atoms with E-state index in [1.54, 1.807) is 24.6 Å². The third kappa shape index (κ3) is 12.3. The SMILES string of the molecule is CC(C)[C@H](N)C(=O)N(CCCN(C(=O)CO)[C@@H](c1nc(-c2cc(F)ccc2F)cn1Cc1ccccc1)C(C)(C)C)[C@@H](C)C(N)=O.O=C(O)C(F)(F)F. The monoisotopic (exact) mass is 754 g/mol. The number of imidazole rings is 1. The Balaban J connectivity index is 0.00000126. The topological polar surface area (TPSA) is 185 Å². The zero-order chi connectivity index (χ0) is 40.4. The normalized spacial score (nSPS) is 13.4. The Morgan fingerprint density at radius 2 is 1.51 bits per heavy atom. The Morgan fingerprint density at radius 1 is 0.943 bits per heavy atom. The van der Waals surface area contributed by atoms with Gasteiger partial charge in [-0.2, -0.15) is 13.2 Å². The fourth-order valence-corrected chi connectivity index (χ4v) is 5.40. The van der Waals surface area contributed by atoms with Gasteiger partial charge in [-0.1, -0.05) is 65.0 Å². The molecule has 3 aromatic rings. The Bertz CT molecular complexity index is 1710. The Kier molecular flexibility index (Phi) is 15.6. The number of amides is 3. The number of aromatic nitrogens is 2. The minimum absolute atomic E-state index is 0.0307. The first-order valence-electron chi connectivity index (χ1n) is 16.6. The maximum Gasteiger partial charge on any atom is 0.490 e. The largest absolute Gasteiger partial charge is 0.490 e. The molecule has 2 aromatic carbocycles. The van der Waals surface area contributed by atoms with E-state index < -0.39 is 71.6 Å². The number of carboxylic acids is 1. The molecule has 1 heterocycles. The van der Waals surface area contributed by atoms with Crippen molar-refractivity contribution >= 4 is 23.7 Å². The third-order valence-electron chi connectivity index (χ3n) is 8.25. The number of carboxylic acid groups (broad SMARTS) is 1. The van der Waals surface area contributed by atoms with Gasteiger partial charge in [-0.25, -0.2) is 18.6 Å². The van der Waals surface area contributed by atoms with E-state index in [4.69, 9.17) is 26.4 Å². The number of nitrogens with zero attached hydrogens (tertiary/aromatic N) is 4. The summed E-state index contributed by atoms with van der Waals surface area (Å²) in [5.74, 6) is -5.54. The van der Waals surface area contributed by atoms with Crippen molar-refractivity contribution in [1.82, 2.24) is 19.4 Å². The first-order chi connectivity index (χ1) is 24.5. The lowest BCUT2D eigenvalue weighted by Gasteiger charge is -2.40. The second-order valence-corrected chi connectivity index (χ2v) is 13.8. The molecule has 0 saturated heterocycles. The summed E-state index contributed by atoms with van der Waals surface area (Å²) in [7, 11) is 0. The second-order valence-electron chi connectivity index (χ2n) is 13.8. The van der Waals surface area contributed by atoms with Crippen LogP contribution >= 0.6 is 0 Å². The van der Waals surface area contributed by atoms with E-state index >= 15 is 0 Å². The molecule has 0 fully saturated rings. The summed E-state index contributed by atoms with van der Waals surface area (Å²) in [5.41, 5.74) is 12.1. The minimum atomic E-state index is -5.08. The van der Waals surface area contributed by atoms with E-state index in [1.807, 2.05) is 51.1 Å². The molecule has 1 aromatic heterocycles. The molecule has 0 spiro atoms. The van der Waals surface area contributed by atoms with E-state index in [9.17, 15) is 41.4 Å². The van der Waals surface area contributed by atoms with Crippen molar-refractivity contribution in [2.75, 3.05) is 19.7 Å². The number of hydrogen-bond donors (Lipinski definition) is 4. The molecule has 53 heavy (non-hydrogen) atoms. The van der Waals surface area contributed by atoms with Crippen LogP contribution in [0.3, 0.4) is 0 Å². The van der Waals surface area contributed by atoms with E-state index in [1.165, 1.54) is 16.7 Å². The summed E-state index contributed by atoms with van der Waals surface area (Å²) in [5, 5.41) is 17.2. The highest BCUT2D eigenvalue weighted by molar-refractivity contribution is 5.89. The van der Waals surface area contributed by atoms with Crippen LogP contribution in [0.15, 0.2) is 54.7 Å². The van der Waals surface area contributed by atoms with Gasteiger partial charge in [-0.15, -0.1) is 0 Å². The van der Waals surface area contributed by atoms with Gasteiger partial charge in [-0.05, 0) is 48.4 Å². The van der Waals surface area contributed by atoms with Gasteiger partial charge in [0.15, 0.2) is 0 Å². The summed E-state index contributed by atoms with van der Waals surface area (Å²) in [6.07, 6.45) is -3.24. The predicted molar refractivity (Wildman–Crippen MR) is 186 cm³/mol. The molecule has 3 amide bonds. The third-order valence-corrected chi connectivity index (χ3v) is 8.25. The van der Waals surface area contributed by atoms with Crippen LogP contribution < -0.4 is 11.5 Å². The van der Waals surface area contributed by atoms with Crippen molar-refractivity contribution in [3.63, 3.8) is 0 Å².